The Hall–Kier alpha value is -4.48. The second-order valence-corrected chi connectivity index (χ2v) is 11.1. The van der Waals surface area contributed by atoms with Gasteiger partial charge in [0.1, 0.15) is 22.8 Å². The van der Waals surface area contributed by atoms with Crippen LogP contribution in [0, 0.1) is 18.8 Å². The number of ketones is 2. The number of nitrogens with zero attached hydrogens (tertiary/aromatic N) is 1. The van der Waals surface area contributed by atoms with Crippen molar-refractivity contribution in [2.24, 2.45) is 17.6 Å². The number of hydrogen-bond acceptors (Lipinski definition) is 9. The largest absolute Gasteiger partial charge is 0.510 e. The summed E-state index contributed by atoms with van der Waals surface area (Å²) in [5, 5.41) is 47.4. The summed E-state index contributed by atoms with van der Waals surface area (Å²) in [6.45, 7) is 1.96. The van der Waals surface area contributed by atoms with Crippen molar-refractivity contribution >= 4 is 23.4 Å². The molecule has 0 spiro atoms. The summed E-state index contributed by atoms with van der Waals surface area (Å²) in [6.07, 6.45) is 0.120. The highest BCUT2D eigenvalue weighted by Crippen LogP contribution is 2.52. The molecule has 5 rings (SSSR count). The van der Waals surface area contributed by atoms with Gasteiger partial charge in [-0.2, -0.15) is 0 Å². The molecule has 0 saturated carbocycles. The lowest BCUT2D eigenvalue weighted by atomic mass is 9.58. The zero-order valence-electron chi connectivity index (χ0n) is 22.8. The molecule has 0 aliphatic heterocycles. The van der Waals surface area contributed by atoms with Crippen molar-refractivity contribution in [1.82, 2.24) is 10.2 Å². The van der Waals surface area contributed by atoms with E-state index in [2.05, 4.69) is 5.32 Å². The van der Waals surface area contributed by atoms with E-state index in [0.717, 1.165) is 5.56 Å². The molecule has 11 heteroatoms. The Morgan fingerprint density at radius 1 is 1.07 bits per heavy atom. The van der Waals surface area contributed by atoms with Gasteiger partial charge in [-0.3, -0.25) is 24.1 Å². The highest BCUT2D eigenvalue weighted by molar-refractivity contribution is 6.24. The van der Waals surface area contributed by atoms with Gasteiger partial charge in [0.15, 0.2) is 11.4 Å². The predicted molar refractivity (Wildman–Crippen MR) is 146 cm³/mol. The number of fused-ring (bicyclic) bond motifs is 3. The molecule has 0 radical (unpaired) electrons. The van der Waals surface area contributed by atoms with E-state index >= 15 is 0 Å². The van der Waals surface area contributed by atoms with Crippen LogP contribution in [0.2, 0.25) is 0 Å². The van der Waals surface area contributed by atoms with E-state index in [0.29, 0.717) is 16.7 Å². The van der Waals surface area contributed by atoms with Crippen molar-refractivity contribution in [3.8, 4) is 5.75 Å². The number of phenols is 1. The topological polar surface area (TPSA) is 190 Å². The molecule has 3 aliphatic carbocycles. The van der Waals surface area contributed by atoms with Crippen LogP contribution in [-0.4, -0.2) is 74.4 Å². The fraction of sp³-hybridized carbons (Fsp3) is 0.333. The number of carbonyl (C=O) groups is 4. The number of hydrogen-bond donors (Lipinski definition) is 6. The van der Waals surface area contributed by atoms with E-state index in [4.69, 9.17) is 5.73 Å². The Balaban J connectivity index is 1.56. The number of rotatable bonds is 5. The van der Waals surface area contributed by atoms with E-state index < -0.39 is 58.0 Å². The van der Waals surface area contributed by atoms with Crippen molar-refractivity contribution < 1.29 is 39.6 Å². The molecule has 0 bridgehead atoms. The first-order valence-electron chi connectivity index (χ1n) is 13.1. The van der Waals surface area contributed by atoms with Crippen molar-refractivity contribution in [3.05, 3.63) is 86.9 Å². The number of Topliss-reactive ketones (excluding diaryl/α,β-unsaturated/α-hetero) is 2. The highest BCUT2D eigenvalue weighted by atomic mass is 16.3. The van der Waals surface area contributed by atoms with Crippen LogP contribution < -0.4 is 11.1 Å². The number of nitrogens with one attached hydrogen (secondary N) is 1. The molecule has 11 nitrogen and oxygen atoms in total. The number of benzene rings is 2. The minimum Gasteiger partial charge on any atom is -0.510 e. The number of aryl methyl sites for hydroxylation is 1. The fourth-order valence-electron chi connectivity index (χ4n) is 6.46. The number of aliphatic hydroxyl groups excluding tert-OH is 2. The molecule has 0 heterocycles. The van der Waals surface area contributed by atoms with E-state index in [1.54, 1.807) is 32.3 Å². The van der Waals surface area contributed by atoms with Crippen LogP contribution in [0.5, 0.6) is 5.75 Å². The van der Waals surface area contributed by atoms with Gasteiger partial charge < -0.3 is 31.5 Å². The van der Waals surface area contributed by atoms with Crippen molar-refractivity contribution in [1.29, 1.82) is 0 Å². The molecule has 2 amide bonds. The van der Waals surface area contributed by atoms with Crippen LogP contribution in [0.4, 0.5) is 0 Å². The quantitative estimate of drug-likeness (QED) is 0.293. The second-order valence-electron chi connectivity index (χ2n) is 11.1. The molecular weight excluding hydrogens is 530 g/mol. The monoisotopic (exact) mass is 561 g/mol. The SMILES string of the molecule is Cc1ccc(C(=O)NCc2ccc(O)c3c2CC2CC4C(N(C)C)C(O)=C(C(N)=O)C(=O)C4(O)C(O)=C2C3=O)cc1. The summed E-state index contributed by atoms with van der Waals surface area (Å²) in [4.78, 5) is 53.5. The Bertz CT molecular complexity index is 1570. The Kier molecular flexibility index (Phi) is 6.75. The highest BCUT2D eigenvalue weighted by Gasteiger charge is 2.63. The summed E-state index contributed by atoms with van der Waals surface area (Å²) in [5.41, 5.74) is 3.97. The minimum absolute atomic E-state index is 0.0173. The van der Waals surface area contributed by atoms with Gasteiger partial charge in [0, 0.05) is 23.6 Å². The zero-order chi connectivity index (χ0) is 30.0. The van der Waals surface area contributed by atoms with Crippen LogP contribution in [0.1, 0.15) is 43.8 Å². The van der Waals surface area contributed by atoms with Gasteiger partial charge in [-0.25, -0.2) is 0 Å². The van der Waals surface area contributed by atoms with E-state index in [1.807, 2.05) is 19.1 Å². The number of carbonyl (C=O) groups excluding carboxylic acids is 4. The molecule has 0 aromatic heterocycles. The third kappa shape index (κ3) is 4.20. The number of likely N-dealkylation sites (N-methyl/N-ethyl adjacent to an activating group) is 1. The number of nitrogens with two attached hydrogens (primary N) is 1. The zero-order valence-corrected chi connectivity index (χ0v) is 22.8. The van der Waals surface area contributed by atoms with Gasteiger partial charge in [0.25, 0.3) is 11.8 Å². The maximum absolute atomic E-state index is 13.8. The molecule has 214 valence electrons. The second kappa shape index (κ2) is 9.86. The molecule has 4 unspecified atom stereocenters. The lowest BCUT2D eigenvalue weighted by molar-refractivity contribution is -0.148. The average Bonchev–Trinajstić information content (AvgIpc) is 2.90. The number of aromatic hydroxyl groups is 1. The van der Waals surface area contributed by atoms with E-state index in [9.17, 15) is 39.6 Å². The lowest BCUT2D eigenvalue weighted by Gasteiger charge is -2.50. The molecule has 41 heavy (non-hydrogen) atoms. The number of allylic oxidation sites excluding steroid dienone is 1. The maximum Gasteiger partial charge on any atom is 0.255 e. The summed E-state index contributed by atoms with van der Waals surface area (Å²) < 4.78 is 0. The molecule has 2 aromatic carbocycles. The van der Waals surface area contributed by atoms with Gasteiger partial charge in [0.05, 0.1) is 11.6 Å². The summed E-state index contributed by atoms with van der Waals surface area (Å²) in [5.74, 6) is -7.39. The Morgan fingerprint density at radius 2 is 1.73 bits per heavy atom. The van der Waals surface area contributed by atoms with Crippen LogP contribution in [-0.2, 0) is 22.6 Å². The number of aliphatic hydroxyl groups is 3. The standard InChI is InChI=1S/C30H31N3O8/c1-13-4-6-14(7-5-13)29(40)32-12-15-8-9-19(34)21-17(15)10-16-11-18-23(33(2)3)25(36)22(28(31)39)27(38)30(18,41)26(37)20(16)24(21)35/h4-9,16,18,23,34,36-37,41H,10-12H2,1-3H3,(H2,31,39)(H,32,40). The van der Waals surface area contributed by atoms with E-state index in [1.165, 1.54) is 11.0 Å². The fourth-order valence-corrected chi connectivity index (χ4v) is 6.46. The minimum atomic E-state index is -2.69. The third-order valence-electron chi connectivity index (χ3n) is 8.46. The van der Waals surface area contributed by atoms with Gasteiger partial charge in [-0.1, -0.05) is 23.8 Å². The van der Waals surface area contributed by atoms with Crippen LogP contribution in [0.3, 0.4) is 0 Å². The van der Waals surface area contributed by atoms with Crippen LogP contribution in [0.25, 0.3) is 0 Å². The van der Waals surface area contributed by atoms with Crippen LogP contribution >= 0.6 is 0 Å². The number of phenolic OH excluding ortho intramolecular Hbond substituents is 1. The van der Waals surface area contributed by atoms with E-state index in [-0.39, 0.29) is 42.2 Å². The van der Waals surface area contributed by atoms with Crippen molar-refractivity contribution in [2.75, 3.05) is 14.1 Å². The third-order valence-corrected chi connectivity index (χ3v) is 8.46. The lowest BCUT2D eigenvalue weighted by Crippen LogP contribution is -2.63. The summed E-state index contributed by atoms with van der Waals surface area (Å²) in [6, 6.07) is 8.87. The molecule has 3 aliphatic rings. The normalized spacial score (nSPS) is 25.5. The molecule has 7 N–H and O–H groups in total. The predicted octanol–water partition coefficient (Wildman–Crippen LogP) is 1.36. The Labute approximate surface area is 235 Å². The molecule has 0 saturated heterocycles. The summed E-state index contributed by atoms with van der Waals surface area (Å²) in [7, 11) is 3.14. The van der Waals surface area contributed by atoms with Gasteiger partial charge >= 0.3 is 0 Å². The molecular formula is C30H31N3O8. The first kappa shape index (κ1) is 28.1. The number of amides is 2. The van der Waals surface area contributed by atoms with Crippen molar-refractivity contribution in [3.63, 3.8) is 0 Å². The first-order valence-corrected chi connectivity index (χ1v) is 13.1. The smallest absolute Gasteiger partial charge is 0.255 e. The molecule has 2 aromatic rings. The Morgan fingerprint density at radius 3 is 2.34 bits per heavy atom. The van der Waals surface area contributed by atoms with Gasteiger partial charge in [-0.05, 0) is 69.1 Å². The van der Waals surface area contributed by atoms with Gasteiger partial charge in [0.2, 0.25) is 5.78 Å². The van der Waals surface area contributed by atoms with Crippen LogP contribution in [0.15, 0.2) is 59.1 Å². The molecule has 0 fully saturated rings. The average molecular weight is 562 g/mol. The van der Waals surface area contributed by atoms with Crippen molar-refractivity contribution in [2.45, 2.75) is 38.0 Å². The first-order chi connectivity index (χ1) is 19.3. The molecule has 4 atom stereocenters. The van der Waals surface area contributed by atoms with Gasteiger partial charge in [-0.15, -0.1) is 0 Å². The maximum atomic E-state index is 13.8. The summed E-state index contributed by atoms with van der Waals surface area (Å²) >= 11 is 0. The number of primary amides is 1.